The molecular weight excluding hydrogens is 359 g/mol. The van der Waals surface area contributed by atoms with E-state index >= 15 is 4.39 Å². The van der Waals surface area contributed by atoms with Gasteiger partial charge in [0.1, 0.15) is 0 Å². The lowest BCUT2D eigenvalue weighted by Crippen LogP contribution is -2.50. The molecule has 0 aliphatic carbocycles. The minimum Gasteiger partial charge on any atom is -0.366 e. The fourth-order valence-corrected chi connectivity index (χ4v) is 4.54. The minimum absolute atomic E-state index is 0.0926. The number of hydrogen-bond acceptors (Lipinski definition) is 3. The fourth-order valence-electron chi connectivity index (χ4n) is 4.54. The van der Waals surface area contributed by atoms with Crippen LogP contribution in [0.25, 0.3) is 0 Å². The van der Waals surface area contributed by atoms with Crippen molar-refractivity contribution in [3.05, 3.63) is 58.9 Å². The summed E-state index contributed by atoms with van der Waals surface area (Å²) in [7, 11) is 2.02. The highest BCUT2D eigenvalue weighted by molar-refractivity contribution is 6.10. The Labute approximate surface area is 163 Å². The maximum Gasteiger partial charge on any atom is 0.258 e. The van der Waals surface area contributed by atoms with Crippen molar-refractivity contribution in [2.45, 2.75) is 38.1 Å². The third-order valence-corrected chi connectivity index (χ3v) is 6.07. The number of alkyl halides is 1. The number of nitrogens with two attached hydrogens (primary N) is 1. The topological polar surface area (TPSA) is 71.6 Å². The Kier molecular flexibility index (Phi) is 4.50. The second-order valence-electron chi connectivity index (χ2n) is 7.84. The normalized spacial score (nSPS) is 23.2. The van der Waals surface area contributed by atoms with Crippen LogP contribution in [0.15, 0.2) is 36.5 Å². The summed E-state index contributed by atoms with van der Waals surface area (Å²) < 4.78 is 17.8. The number of rotatable bonds is 4. The van der Waals surface area contributed by atoms with E-state index in [4.69, 9.17) is 5.73 Å². The van der Waals surface area contributed by atoms with Crippen LogP contribution in [0, 0.1) is 0 Å². The van der Waals surface area contributed by atoms with Gasteiger partial charge < -0.3 is 10.3 Å². The Morgan fingerprint density at radius 2 is 1.96 bits per heavy atom. The average molecular weight is 384 g/mol. The summed E-state index contributed by atoms with van der Waals surface area (Å²) in [5.41, 5.74) is 7.09. The zero-order chi connectivity index (χ0) is 20.1. The van der Waals surface area contributed by atoms with Crippen LogP contribution < -0.4 is 5.73 Å². The summed E-state index contributed by atoms with van der Waals surface area (Å²) in [6.07, 6.45) is 3.40. The third-order valence-electron chi connectivity index (χ3n) is 6.07. The van der Waals surface area contributed by atoms with Crippen LogP contribution in [-0.4, -0.2) is 45.3 Å². The van der Waals surface area contributed by atoms with Crippen LogP contribution in [0.1, 0.15) is 51.7 Å². The number of nitrogens with zero attached hydrogens (tertiary/aromatic N) is 3. The van der Waals surface area contributed by atoms with E-state index in [1.807, 2.05) is 19.3 Å². The lowest BCUT2D eigenvalue weighted by Gasteiger charge is -2.41. The van der Waals surface area contributed by atoms with Crippen molar-refractivity contribution in [1.29, 1.82) is 0 Å². The Balaban J connectivity index is 1.53. The quantitative estimate of drug-likeness (QED) is 0.823. The standard InChI is InChI=1S/C21H25FN4O2/c1-21(22)17-7-3-6-16(19(23)27)18(17)20(28)26(21)14-8-11-25(12-9-14)13-15-5-4-10-24(15)2/h3-7,10,14H,8-9,11-13H2,1-2H3,(H2,23,27). The number of hydrogen-bond donors (Lipinski definition) is 1. The highest BCUT2D eigenvalue weighted by atomic mass is 19.1. The van der Waals surface area contributed by atoms with Crippen molar-refractivity contribution in [3.8, 4) is 0 Å². The van der Waals surface area contributed by atoms with Crippen molar-refractivity contribution < 1.29 is 14.0 Å². The SMILES string of the molecule is Cn1cccc1CN1CCC(N2C(=O)c3c(C(N)=O)cccc3C2(C)F)CC1. The number of halogens is 1. The summed E-state index contributed by atoms with van der Waals surface area (Å²) >= 11 is 0. The lowest BCUT2D eigenvalue weighted by molar-refractivity contribution is -0.0363. The van der Waals surface area contributed by atoms with Crippen LogP contribution in [0.2, 0.25) is 0 Å². The van der Waals surface area contributed by atoms with E-state index in [2.05, 4.69) is 15.5 Å². The molecule has 2 aliphatic heterocycles. The molecule has 1 atom stereocenters. The van der Waals surface area contributed by atoms with E-state index in [0.29, 0.717) is 12.8 Å². The van der Waals surface area contributed by atoms with Crippen LogP contribution in [0.4, 0.5) is 4.39 Å². The molecule has 2 N–H and O–H groups in total. The number of primary amides is 1. The van der Waals surface area contributed by atoms with Crippen LogP contribution >= 0.6 is 0 Å². The molecule has 148 valence electrons. The second kappa shape index (κ2) is 6.74. The molecule has 4 rings (SSSR count). The first-order valence-corrected chi connectivity index (χ1v) is 9.59. The summed E-state index contributed by atoms with van der Waals surface area (Å²) in [5.74, 6) is -3.08. The zero-order valence-corrected chi connectivity index (χ0v) is 16.2. The van der Waals surface area contributed by atoms with Gasteiger partial charge in [0.15, 0.2) is 0 Å². The van der Waals surface area contributed by atoms with Crippen molar-refractivity contribution in [1.82, 2.24) is 14.4 Å². The van der Waals surface area contributed by atoms with E-state index in [1.165, 1.54) is 23.6 Å². The lowest BCUT2D eigenvalue weighted by atomic mass is 9.98. The number of aromatic nitrogens is 1. The van der Waals surface area contributed by atoms with Gasteiger partial charge in [-0.15, -0.1) is 0 Å². The van der Waals surface area contributed by atoms with E-state index in [0.717, 1.165) is 19.6 Å². The van der Waals surface area contributed by atoms with Gasteiger partial charge in [-0.25, -0.2) is 4.39 Å². The number of carbonyl (C=O) groups excluding carboxylic acids is 2. The van der Waals surface area contributed by atoms with Crippen molar-refractivity contribution >= 4 is 11.8 Å². The third kappa shape index (κ3) is 2.90. The van der Waals surface area contributed by atoms with Crippen molar-refractivity contribution in [2.75, 3.05) is 13.1 Å². The first-order chi connectivity index (χ1) is 13.3. The molecule has 1 unspecified atom stereocenters. The molecule has 2 aliphatic rings. The molecule has 1 saturated heterocycles. The molecular formula is C21H25FN4O2. The van der Waals surface area contributed by atoms with Gasteiger partial charge >= 0.3 is 0 Å². The predicted molar refractivity (Wildman–Crippen MR) is 103 cm³/mol. The number of carbonyl (C=O) groups is 2. The fraction of sp³-hybridized carbons (Fsp3) is 0.429. The smallest absolute Gasteiger partial charge is 0.258 e. The molecule has 6 nitrogen and oxygen atoms in total. The van der Waals surface area contributed by atoms with Crippen LogP contribution in [0.5, 0.6) is 0 Å². The van der Waals surface area contributed by atoms with Gasteiger partial charge in [0.25, 0.3) is 5.91 Å². The molecule has 0 saturated carbocycles. The number of amides is 2. The predicted octanol–water partition coefficient (Wildman–Crippen LogP) is 2.39. The molecule has 2 aromatic rings. The van der Waals surface area contributed by atoms with E-state index in [9.17, 15) is 9.59 Å². The van der Waals surface area contributed by atoms with Gasteiger partial charge in [-0.3, -0.25) is 19.4 Å². The van der Waals surface area contributed by atoms with Gasteiger partial charge in [0, 0.05) is 50.2 Å². The minimum atomic E-state index is -1.94. The van der Waals surface area contributed by atoms with Gasteiger partial charge in [0.2, 0.25) is 11.7 Å². The van der Waals surface area contributed by atoms with Gasteiger partial charge in [0.05, 0.1) is 11.1 Å². The number of piperidine rings is 1. The Morgan fingerprint density at radius 3 is 2.57 bits per heavy atom. The molecule has 2 amide bonds. The molecule has 0 bridgehead atoms. The summed E-state index contributed by atoms with van der Waals surface area (Å²) in [6.45, 7) is 3.81. The maximum atomic E-state index is 15.7. The molecule has 3 heterocycles. The Bertz CT molecular complexity index is 928. The Morgan fingerprint density at radius 1 is 1.25 bits per heavy atom. The first-order valence-electron chi connectivity index (χ1n) is 9.59. The summed E-state index contributed by atoms with van der Waals surface area (Å²) in [5, 5.41) is 0. The van der Waals surface area contributed by atoms with E-state index < -0.39 is 17.6 Å². The maximum absolute atomic E-state index is 15.7. The van der Waals surface area contributed by atoms with Gasteiger partial charge in [-0.2, -0.15) is 0 Å². The van der Waals surface area contributed by atoms with E-state index in [-0.39, 0.29) is 22.7 Å². The highest BCUT2D eigenvalue weighted by Crippen LogP contribution is 2.44. The number of aryl methyl sites for hydroxylation is 1. The number of benzene rings is 1. The molecule has 28 heavy (non-hydrogen) atoms. The molecule has 0 spiro atoms. The molecule has 1 aromatic heterocycles. The zero-order valence-electron chi connectivity index (χ0n) is 16.2. The van der Waals surface area contributed by atoms with Crippen LogP contribution in [0.3, 0.4) is 0 Å². The number of likely N-dealkylation sites (tertiary alicyclic amines) is 1. The molecule has 7 heteroatoms. The van der Waals surface area contributed by atoms with E-state index in [1.54, 1.807) is 12.1 Å². The molecule has 1 aromatic carbocycles. The Hall–Kier alpha value is -2.67. The van der Waals surface area contributed by atoms with Crippen molar-refractivity contribution in [2.24, 2.45) is 12.8 Å². The van der Waals surface area contributed by atoms with Crippen molar-refractivity contribution in [3.63, 3.8) is 0 Å². The summed E-state index contributed by atoms with van der Waals surface area (Å²) in [6, 6.07) is 8.55. The molecule has 1 fully saturated rings. The van der Waals surface area contributed by atoms with Gasteiger partial charge in [-0.05, 0) is 38.0 Å². The first kappa shape index (κ1) is 18.7. The number of fused-ring (bicyclic) bond motifs is 1. The van der Waals surface area contributed by atoms with Gasteiger partial charge in [-0.1, -0.05) is 12.1 Å². The monoisotopic (exact) mass is 384 g/mol. The van der Waals surface area contributed by atoms with Crippen LogP contribution in [-0.2, 0) is 19.4 Å². The second-order valence-corrected chi connectivity index (χ2v) is 7.84. The average Bonchev–Trinajstić information content (AvgIpc) is 3.15. The largest absolute Gasteiger partial charge is 0.366 e. The highest BCUT2D eigenvalue weighted by Gasteiger charge is 2.51. The molecule has 0 radical (unpaired) electrons. The summed E-state index contributed by atoms with van der Waals surface area (Å²) in [4.78, 5) is 28.5.